The Balaban J connectivity index is 1.40. The van der Waals surface area contributed by atoms with Gasteiger partial charge in [0, 0.05) is 64.0 Å². The molecule has 45 heavy (non-hydrogen) atoms. The second-order valence-electron chi connectivity index (χ2n) is 12.8. The number of carbonyl (C=O) groups is 3. The van der Waals surface area contributed by atoms with E-state index in [4.69, 9.17) is 32.7 Å². The van der Waals surface area contributed by atoms with Crippen molar-refractivity contribution in [1.82, 2.24) is 10.2 Å². The molecule has 0 radical (unpaired) electrons. The number of amides is 3. The number of nitrogens with one attached hydrogen (secondary N) is 2. The molecule has 3 amide bonds. The summed E-state index contributed by atoms with van der Waals surface area (Å²) in [5, 5.41) is 7.25. The van der Waals surface area contributed by atoms with Crippen LogP contribution < -0.4 is 15.4 Å². The van der Waals surface area contributed by atoms with Crippen LogP contribution in [0.2, 0.25) is 10.0 Å². The molecule has 2 N–H and O–H groups in total. The summed E-state index contributed by atoms with van der Waals surface area (Å²) in [5.74, 6) is -0.421. The Morgan fingerprint density at radius 1 is 1.00 bits per heavy atom. The predicted octanol–water partition coefficient (Wildman–Crippen LogP) is 7.77. The molecule has 236 valence electrons. The zero-order chi connectivity index (χ0) is 32.1. The fraction of sp³-hybridized carbons (Fsp3) is 0.382. The lowest BCUT2D eigenvalue weighted by Crippen LogP contribution is -2.57. The summed E-state index contributed by atoms with van der Waals surface area (Å²) >= 11 is 16.4. The van der Waals surface area contributed by atoms with Gasteiger partial charge in [0.1, 0.15) is 22.9 Å². The van der Waals surface area contributed by atoms with E-state index in [-0.39, 0.29) is 30.4 Å². The minimum atomic E-state index is -1.24. The van der Waals surface area contributed by atoms with Crippen molar-refractivity contribution in [2.24, 2.45) is 0 Å². The molecule has 0 aromatic heterocycles. The second-order valence-corrected chi connectivity index (χ2v) is 14.6. The third kappa shape index (κ3) is 6.14. The second kappa shape index (κ2) is 12.2. The highest BCUT2D eigenvalue weighted by Crippen LogP contribution is 2.58. The molecule has 3 aliphatic rings. The minimum Gasteiger partial charge on any atom is -0.490 e. The number of rotatable bonds is 4. The van der Waals surface area contributed by atoms with Crippen molar-refractivity contribution in [3.05, 3.63) is 91.9 Å². The van der Waals surface area contributed by atoms with Crippen LogP contribution in [0.5, 0.6) is 5.75 Å². The summed E-state index contributed by atoms with van der Waals surface area (Å²) in [6, 6.07) is 17.6. The van der Waals surface area contributed by atoms with Gasteiger partial charge in [0.2, 0.25) is 11.8 Å². The van der Waals surface area contributed by atoms with E-state index >= 15 is 0 Å². The number of anilines is 1. The van der Waals surface area contributed by atoms with Gasteiger partial charge < -0.3 is 25.0 Å². The zero-order valence-corrected chi connectivity index (χ0v) is 28.3. The molecule has 3 heterocycles. The van der Waals surface area contributed by atoms with Gasteiger partial charge in [-0.05, 0) is 74.4 Å². The first-order valence-corrected chi connectivity index (χ1v) is 16.5. The Hall–Kier alpha value is -3.27. The number of likely N-dealkylation sites (tertiary alicyclic amines) is 1. The molecule has 0 bridgehead atoms. The van der Waals surface area contributed by atoms with Crippen LogP contribution in [0.25, 0.3) is 0 Å². The maximum Gasteiger partial charge on any atom is 0.410 e. The maximum atomic E-state index is 14.4. The minimum absolute atomic E-state index is 0.0830. The third-order valence-corrected chi connectivity index (χ3v) is 9.64. The molecule has 1 unspecified atom stereocenters. The standard InChI is InChI=1S/C34H34BrCl2N3O5/c1-33(2,3)45-32(43)40-13-11-23(12-14-40)44-28-10-7-20(35)16-24(28)30-34(25-9-8-22(37)17-27(25)38-31(34)42)26(18-29(41)39-30)19-5-4-6-21(36)15-19/h4-10,15-17,23,26,30H,11-14,18H2,1-3H3,(H,38,42)(H,39,41)/t26-,30+,34?/m0/s1. The summed E-state index contributed by atoms with van der Waals surface area (Å²) in [6.07, 6.45) is 0.759. The van der Waals surface area contributed by atoms with E-state index < -0.39 is 23.0 Å². The quantitative estimate of drug-likeness (QED) is 0.288. The molecule has 1 spiro atoms. The molecule has 11 heteroatoms. The van der Waals surface area contributed by atoms with Gasteiger partial charge in [-0.15, -0.1) is 0 Å². The molecule has 6 rings (SSSR count). The van der Waals surface area contributed by atoms with Gasteiger partial charge in [-0.1, -0.05) is 57.3 Å². The maximum absolute atomic E-state index is 14.4. The van der Waals surface area contributed by atoms with E-state index in [0.717, 1.165) is 15.6 Å². The number of hydrogen-bond donors (Lipinski definition) is 2. The van der Waals surface area contributed by atoms with Gasteiger partial charge >= 0.3 is 6.09 Å². The molecule has 3 aliphatic heterocycles. The topological polar surface area (TPSA) is 97.0 Å². The summed E-state index contributed by atoms with van der Waals surface area (Å²) in [6.45, 7) is 6.52. The number of ether oxygens (including phenoxy) is 2. The summed E-state index contributed by atoms with van der Waals surface area (Å²) < 4.78 is 13.0. The number of piperidine rings is 2. The first-order valence-electron chi connectivity index (χ1n) is 15.0. The van der Waals surface area contributed by atoms with E-state index in [1.807, 2.05) is 63.2 Å². The molecule has 3 aromatic rings. The molecule has 3 atom stereocenters. The Kier molecular flexibility index (Phi) is 8.56. The van der Waals surface area contributed by atoms with Gasteiger partial charge in [0.15, 0.2) is 0 Å². The van der Waals surface area contributed by atoms with Crippen molar-refractivity contribution < 1.29 is 23.9 Å². The predicted molar refractivity (Wildman–Crippen MR) is 177 cm³/mol. The van der Waals surface area contributed by atoms with Crippen LogP contribution in [0, 0.1) is 0 Å². The first kappa shape index (κ1) is 31.7. The molecule has 8 nitrogen and oxygen atoms in total. The van der Waals surface area contributed by atoms with Crippen molar-refractivity contribution in [2.75, 3.05) is 18.4 Å². The van der Waals surface area contributed by atoms with Gasteiger partial charge in [0.05, 0.1) is 6.04 Å². The van der Waals surface area contributed by atoms with E-state index in [9.17, 15) is 14.4 Å². The Morgan fingerprint density at radius 3 is 2.44 bits per heavy atom. The number of benzene rings is 3. The monoisotopic (exact) mass is 713 g/mol. The van der Waals surface area contributed by atoms with Crippen molar-refractivity contribution in [1.29, 1.82) is 0 Å². The highest BCUT2D eigenvalue weighted by molar-refractivity contribution is 9.10. The Labute approximate surface area is 280 Å². The van der Waals surface area contributed by atoms with Gasteiger partial charge in [0.25, 0.3) is 0 Å². The number of hydrogen-bond acceptors (Lipinski definition) is 5. The third-order valence-electron chi connectivity index (χ3n) is 8.67. The van der Waals surface area contributed by atoms with Crippen molar-refractivity contribution in [2.45, 2.75) is 69.1 Å². The van der Waals surface area contributed by atoms with E-state index in [1.165, 1.54) is 0 Å². The highest BCUT2D eigenvalue weighted by atomic mass is 79.9. The lowest BCUT2D eigenvalue weighted by molar-refractivity contribution is -0.131. The number of carbonyl (C=O) groups excluding carboxylic acids is 3. The molecular formula is C34H34BrCl2N3O5. The van der Waals surface area contributed by atoms with Crippen LogP contribution in [-0.4, -0.2) is 47.6 Å². The SMILES string of the molecule is CC(C)(C)OC(=O)N1CCC(Oc2ccc(Br)cc2[C@H]2NC(=O)C[C@@H](c3cccc(Cl)c3)C23C(=O)Nc2cc(Cl)ccc23)CC1. The van der Waals surface area contributed by atoms with Crippen molar-refractivity contribution in [3.8, 4) is 5.75 Å². The normalized spacial score (nSPS) is 23.4. The van der Waals surface area contributed by atoms with Crippen LogP contribution in [0.1, 0.15) is 68.7 Å². The Bertz CT molecular complexity index is 1670. The molecule has 0 saturated carbocycles. The van der Waals surface area contributed by atoms with Crippen LogP contribution in [0.15, 0.2) is 65.1 Å². The van der Waals surface area contributed by atoms with Gasteiger partial charge in [-0.2, -0.15) is 0 Å². The number of nitrogens with zero attached hydrogens (tertiary/aromatic N) is 1. The molecule has 2 fully saturated rings. The van der Waals surface area contributed by atoms with Crippen LogP contribution in [-0.2, 0) is 19.7 Å². The van der Waals surface area contributed by atoms with Gasteiger partial charge in [-0.25, -0.2) is 4.79 Å². The Morgan fingerprint density at radius 2 is 1.73 bits per heavy atom. The summed E-state index contributed by atoms with van der Waals surface area (Å²) in [4.78, 5) is 42.3. The zero-order valence-electron chi connectivity index (χ0n) is 25.2. The van der Waals surface area contributed by atoms with Crippen molar-refractivity contribution in [3.63, 3.8) is 0 Å². The molecule has 3 aromatic carbocycles. The summed E-state index contributed by atoms with van der Waals surface area (Å²) in [7, 11) is 0. The fourth-order valence-corrected chi connectivity index (χ4v) is 7.53. The lowest BCUT2D eigenvalue weighted by Gasteiger charge is -2.47. The van der Waals surface area contributed by atoms with E-state index in [0.29, 0.717) is 53.0 Å². The van der Waals surface area contributed by atoms with Crippen molar-refractivity contribution >= 4 is 62.7 Å². The van der Waals surface area contributed by atoms with Crippen LogP contribution >= 0.6 is 39.1 Å². The summed E-state index contributed by atoms with van der Waals surface area (Å²) in [5.41, 5.74) is 0.981. The van der Waals surface area contributed by atoms with Crippen LogP contribution in [0.4, 0.5) is 10.5 Å². The molecule has 2 saturated heterocycles. The lowest BCUT2D eigenvalue weighted by atomic mass is 9.59. The number of fused-ring (bicyclic) bond motifs is 2. The average molecular weight is 715 g/mol. The smallest absolute Gasteiger partial charge is 0.410 e. The molecule has 0 aliphatic carbocycles. The van der Waals surface area contributed by atoms with Crippen LogP contribution in [0.3, 0.4) is 0 Å². The first-order chi connectivity index (χ1) is 21.3. The van der Waals surface area contributed by atoms with E-state index in [2.05, 4.69) is 26.6 Å². The molecular weight excluding hydrogens is 681 g/mol. The number of halogens is 3. The largest absolute Gasteiger partial charge is 0.490 e. The van der Waals surface area contributed by atoms with Gasteiger partial charge in [-0.3, -0.25) is 9.59 Å². The fourth-order valence-electron chi connectivity index (χ4n) is 6.78. The average Bonchev–Trinajstić information content (AvgIpc) is 3.25. The highest BCUT2D eigenvalue weighted by Gasteiger charge is 2.61. The van der Waals surface area contributed by atoms with E-state index in [1.54, 1.807) is 23.1 Å².